The van der Waals surface area contributed by atoms with Crippen molar-refractivity contribution in [2.24, 2.45) is 13.0 Å². The van der Waals surface area contributed by atoms with Crippen LogP contribution in [0.4, 0.5) is 0 Å². The van der Waals surface area contributed by atoms with E-state index in [2.05, 4.69) is 17.3 Å². The van der Waals surface area contributed by atoms with Crippen molar-refractivity contribution in [3.63, 3.8) is 0 Å². The van der Waals surface area contributed by atoms with Crippen LogP contribution in [0.15, 0.2) is 12.4 Å². The van der Waals surface area contributed by atoms with Gasteiger partial charge in [-0.05, 0) is 18.8 Å². The smallest absolute Gasteiger partial charge is 0.254 e. The summed E-state index contributed by atoms with van der Waals surface area (Å²) < 4.78 is 1.62. The number of alkyl halides is 1. The monoisotopic (exact) mass is 257 g/mol. The molecule has 96 valence electrons. The van der Waals surface area contributed by atoms with Gasteiger partial charge in [-0.25, -0.2) is 0 Å². The molecule has 1 aromatic heterocycles. The van der Waals surface area contributed by atoms with Gasteiger partial charge in [0.05, 0.1) is 11.8 Å². The molecule has 0 radical (unpaired) electrons. The minimum Gasteiger partial charge on any atom is -0.352 e. The minimum atomic E-state index is -0.0613. The van der Waals surface area contributed by atoms with Gasteiger partial charge >= 0.3 is 0 Å². The average molecular weight is 258 g/mol. The van der Waals surface area contributed by atoms with Crippen LogP contribution >= 0.6 is 11.6 Å². The number of hydrogen-bond donors (Lipinski definition) is 1. The van der Waals surface area contributed by atoms with Gasteiger partial charge in [-0.1, -0.05) is 13.3 Å². The predicted octanol–water partition coefficient (Wildman–Crippen LogP) is 2.20. The van der Waals surface area contributed by atoms with Gasteiger partial charge < -0.3 is 5.32 Å². The molecule has 0 aromatic carbocycles. The first-order valence-electron chi connectivity index (χ1n) is 6.00. The molecule has 0 aliphatic carbocycles. The highest BCUT2D eigenvalue weighted by atomic mass is 35.5. The maximum Gasteiger partial charge on any atom is 0.254 e. The fourth-order valence-electron chi connectivity index (χ4n) is 1.79. The lowest BCUT2D eigenvalue weighted by molar-refractivity contribution is 0.0946. The normalized spacial score (nSPS) is 12.4. The summed E-state index contributed by atoms with van der Waals surface area (Å²) in [6.45, 7) is 2.83. The lowest BCUT2D eigenvalue weighted by Gasteiger charge is -2.15. The van der Waals surface area contributed by atoms with E-state index >= 15 is 0 Å². The predicted molar refractivity (Wildman–Crippen MR) is 69.3 cm³/mol. The molecule has 0 aliphatic rings. The van der Waals surface area contributed by atoms with Crippen LogP contribution in [0.3, 0.4) is 0 Å². The van der Waals surface area contributed by atoms with E-state index in [0.29, 0.717) is 23.9 Å². The van der Waals surface area contributed by atoms with Crippen molar-refractivity contribution in [3.8, 4) is 0 Å². The van der Waals surface area contributed by atoms with Crippen LogP contribution < -0.4 is 5.32 Å². The summed E-state index contributed by atoms with van der Waals surface area (Å²) in [6.07, 6.45) is 6.45. The van der Waals surface area contributed by atoms with E-state index < -0.39 is 0 Å². The fourth-order valence-corrected chi connectivity index (χ4v) is 2.10. The second-order valence-electron chi connectivity index (χ2n) is 4.25. The van der Waals surface area contributed by atoms with E-state index in [1.807, 2.05) is 0 Å². The van der Waals surface area contributed by atoms with Crippen LogP contribution in [0.1, 0.15) is 36.5 Å². The van der Waals surface area contributed by atoms with Crippen LogP contribution in [-0.4, -0.2) is 28.1 Å². The third-order valence-electron chi connectivity index (χ3n) is 2.73. The largest absolute Gasteiger partial charge is 0.352 e. The molecule has 1 atom stereocenters. The fraction of sp³-hybridized carbons (Fsp3) is 0.667. The molecule has 1 heterocycles. The van der Waals surface area contributed by atoms with E-state index in [9.17, 15) is 4.79 Å². The first-order chi connectivity index (χ1) is 8.17. The number of nitrogens with one attached hydrogen (secondary N) is 1. The van der Waals surface area contributed by atoms with Crippen molar-refractivity contribution >= 4 is 17.5 Å². The minimum absolute atomic E-state index is 0.0613. The third-order valence-corrected chi connectivity index (χ3v) is 2.95. The Morgan fingerprint density at radius 3 is 2.88 bits per heavy atom. The zero-order chi connectivity index (χ0) is 12.7. The number of rotatable bonds is 7. The summed E-state index contributed by atoms with van der Waals surface area (Å²) in [5.74, 6) is 1.06. The number of carbonyl (C=O) groups excluding carboxylic acids is 1. The summed E-state index contributed by atoms with van der Waals surface area (Å²) >= 11 is 5.74. The molecule has 1 amide bonds. The third kappa shape index (κ3) is 4.77. The summed E-state index contributed by atoms with van der Waals surface area (Å²) in [5, 5.41) is 6.90. The van der Waals surface area contributed by atoms with Gasteiger partial charge in [-0.3, -0.25) is 9.48 Å². The highest BCUT2D eigenvalue weighted by Crippen LogP contribution is 2.11. The van der Waals surface area contributed by atoms with Crippen molar-refractivity contribution in [3.05, 3.63) is 18.0 Å². The molecule has 1 aromatic rings. The summed E-state index contributed by atoms with van der Waals surface area (Å²) in [6, 6.07) is 0. The van der Waals surface area contributed by atoms with Gasteiger partial charge in [-0.2, -0.15) is 5.10 Å². The Bertz CT molecular complexity index is 345. The topological polar surface area (TPSA) is 46.9 Å². The first kappa shape index (κ1) is 14.0. The van der Waals surface area contributed by atoms with Crippen LogP contribution in [0.5, 0.6) is 0 Å². The second kappa shape index (κ2) is 7.33. The van der Waals surface area contributed by atoms with Gasteiger partial charge in [0.25, 0.3) is 5.91 Å². The number of amides is 1. The summed E-state index contributed by atoms with van der Waals surface area (Å²) in [7, 11) is 1.80. The Kier molecular flexibility index (Phi) is 6.05. The van der Waals surface area contributed by atoms with Crippen LogP contribution in [0, 0.1) is 5.92 Å². The molecular weight excluding hydrogens is 238 g/mol. The SMILES string of the molecule is CCCC(CCCl)CNC(=O)c1cnn(C)c1. The van der Waals surface area contributed by atoms with Crippen molar-refractivity contribution in [2.45, 2.75) is 26.2 Å². The quantitative estimate of drug-likeness (QED) is 0.762. The second-order valence-corrected chi connectivity index (χ2v) is 4.62. The Morgan fingerprint density at radius 1 is 1.59 bits per heavy atom. The number of hydrogen-bond acceptors (Lipinski definition) is 2. The van der Waals surface area contributed by atoms with Gasteiger partial charge in [-0.15, -0.1) is 11.6 Å². The number of aryl methyl sites for hydroxylation is 1. The molecule has 0 bridgehead atoms. The molecular formula is C12H20ClN3O. The van der Waals surface area contributed by atoms with Crippen LogP contribution in [0.25, 0.3) is 0 Å². The highest BCUT2D eigenvalue weighted by molar-refractivity contribution is 6.17. The van der Waals surface area contributed by atoms with E-state index in [4.69, 9.17) is 11.6 Å². The van der Waals surface area contributed by atoms with Crippen molar-refractivity contribution in [1.82, 2.24) is 15.1 Å². The number of halogens is 1. The van der Waals surface area contributed by atoms with Gasteiger partial charge in [0.1, 0.15) is 0 Å². The molecule has 1 unspecified atom stereocenters. The molecule has 1 rings (SSSR count). The van der Waals surface area contributed by atoms with Gasteiger partial charge in [0.15, 0.2) is 0 Å². The van der Waals surface area contributed by atoms with Crippen molar-refractivity contribution in [1.29, 1.82) is 0 Å². The molecule has 5 heteroatoms. The van der Waals surface area contributed by atoms with Crippen LogP contribution in [-0.2, 0) is 7.05 Å². The number of aromatic nitrogens is 2. The Balaban J connectivity index is 2.40. The Morgan fingerprint density at radius 2 is 2.35 bits per heavy atom. The van der Waals surface area contributed by atoms with E-state index in [1.165, 1.54) is 0 Å². The maximum atomic E-state index is 11.8. The Hall–Kier alpha value is -1.03. The van der Waals surface area contributed by atoms with Crippen LogP contribution in [0.2, 0.25) is 0 Å². The molecule has 0 fully saturated rings. The lowest BCUT2D eigenvalue weighted by atomic mass is 10.0. The lowest BCUT2D eigenvalue weighted by Crippen LogP contribution is -2.29. The highest BCUT2D eigenvalue weighted by Gasteiger charge is 2.11. The van der Waals surface area contributed by atoms with Gasteiger partial charge in [0, 0.05) is 25.7 Å². The maximum absolute atomic E-state index is 11.8. The van der Waals surface area contributed by atoms with E-state index in [-0.39, 0.29) is 5.91 Å². The number of nitrogens with zero attached hydrogens (tertiary/aromatic N) is 2. The molecule has 1 N–H and O–H groups in total. The Labute approximate surface area is 107 Å². The average Bonchev–Trinajstić information content (AvgIpc) is 2.73. The standard InChI is InChI=1S/C12H20ClN3O/c1-3-4-10(5-6-13)7-14-12(17)11-8-15-16(2)9-11/h8-10H,3-7H2,1-2H3,(H,14,17). The molecule has 0 spiro atoms. The molecule has 0 saturated carbocycles. The summed E-state index contributed by atoms with van der Waals surface area (Å²) in [5.41, 5.74) is 0.605. The summed E-state index contributed by atoms with van der Waals surface area (Å²) in [4.78, 5) is 11.8. The van der Waals surface area contributed by atoms with Gasteiger partial charge in [0.2, 0.25) is 0 Å². The molecule has 4 nitrogen and oxygen atoms in total. The molecule has 0 saturated heterocycles. The zero-order valence-corrected chi connectivity index (χ0v) is 11.2. The molecule has 0 aliphatic heterocycles. The van der Waals surface area contributed by atoms with Crippen molar-refractivity contribution < 1.29 is 4.79 Å². The zero-order valence-electron chi connectivity index (χ0n) is 10.4. The first-order valence-corrected chi connectivity index (χ1v) is 6.53. The van der Waals surface area contributed by atoms with Crippen molar-refractivity contribution in [2.75, 3.05) is 12.4 Å². The van der Waals surface area contributed by atoms with E-state index in [0.717, 1.165) is 19.3 Å². The van der Waals surface area contributed by atoms with E-state index in [1.54, 1.807) is 24.1 Å². The number of carbonyl (C=O) groups is 1. The molecule has 17 heavy (non-hydrogen) atoms.